The van der Waals surface area contributed by atoms with Crippen molar-refractivity contribution in [1.29, 1.82) is 0 Å². The summed E-state index contributed by atoms with van der Waals surface area (Å²) in [5, 5.41) is 0.579. The summed E-state index contributed by atoms with van der Waals surface area (Å²) in [5.74, 6) is 0. The molecular weight excluding hydrogens is 387 g/mol. The molecule has 106 valence electrons. The molecule has 0 radical (unpaired) electrons. The molecular formula is C12H9BrCl2N2O2S. The second kappa shape index (κ2) is 5.81. The average molecular weight is 396 g/mol. The van der Waals surface area contributed by atoms with Gasteiger partial charge in [0.2, 0.25) is 0 Å². The summed E-state index contributed by atoms with van der Waals surface area (Å²) in [6, 6.07) is 8.92. The van der Waals surface area contributed by atoms with E-state index in [9.17, 15) is 8.42 Å². The monoisotopic (exact) mass is 394 g/mol. The molecule has 4 nitrogen and oxygen atoms in total. The number of nitrogen functional groups attached to an aromatic ring is 1. The molecule has 2 aromatic carbocycles. The van der Waals surface area contributed by atoms with Crippen LogP contribution in [-0.4, -0.2) is 8.42 Å². The lowest BCUT2D eigenvalue weighted by Crippen LogP contribution is -2.13. The Morgan fingerprint density at radius 1 is 1.05 bits per heavy atom. The van der Waals surface area contributed by atoms with Crippen LogP contribution in [0.2, 0.25) is 10.0 Å². The zero-order valence-corrected chi connectivity index (χ0v) is 13.8. The van der Waals surface area contributed by atoms with Gasteiger partial charge >= 0.3 is 0 Å². The third kappa shape index (κ3) is 3.38. The highest BCUT2D eigenvalue weighted by atomic mass is 79.9. The van der Waals surface area contributed by atoms with Crippen LogP contribution in [0.15, 0.2) is 45.8 Å². The Labute approximate surface area is 135 Å². The number of hydrogen-bond acceptors (Lipinski definition) is 3. The van der Waals surface area contributed by atoms with E-state index >= 15 is 0 Å². The molecule has 0 saturated carbocycles. The predicted octanol–water partition coefficient (Wildman–Crippen LogP) is 4.14. The van der Waals surface area contributed by atoms with Crippen LogP contribution in [0.4, 0.5) is 11.4 Å². The largest absolute Gasteiger partial charge is 0.397 e. The van der Waals surface area contributed by atoms with Crippen LogP contribution in [-0.2, 0) is 10.0 Å². The first kappa shape index (κ1) is 15.4. The SMILES string of the molecule is Nc1cc(S(=O)(=O)Nc2ccc(Br)cc2Cl)ccc1Cl. The van der Waals surface area contributed by atoms with Crippen molar-refractivity contribution in [2.45, 2.75) is 4.90 Å². The van der Waals surface area contributed by atoms with Crippen molar-refractivity contribution in [3.63, 3.8) is 0 Å². The summed E-state index contributed by atoms with van der Waals surface area (Å²) < 4.78 is 27.6. The van der Waals surface area contributed by atoms with Crippen LogP contribution in [0.25, 0.3) is 0 Å². The molecule has 0 bridgehead atoms. The highest BCUT2D eigenvalue weighted by Crippen LogP contribution is 2.29. The number of sulfonamides is 1. The van der Waals surface area contributed by atoms with E-state index in [0.29, 0.717) is 5.02 Å². The standard InChI is InChI=1S/C12H9BrCl2N2O2S/c13-7-1-4-12(10(15)5-7)17-20(18,19)8-2-3-9(14)11(16)6-8/h1-6,17H,16H2. The molecule has 0 aliphatic rings. The quantitative estimate of drug-likeness (QED) is 0.767. The molecule has 0 heterocycles. The topological polar surface area (TPSA) is 72.2 Å². The van der Waals surface area contributed by atoms with Gasteiger partial charge in [-0.1, -0.05) is 39.1 Å². The third-order valence-corrected chi connectivity index (χ3v) is 4.97. The van der Waals surface area contributed by atoms with E-state index in [1.54, 1.807) is 18.2 Å². The molecule has 3 N–H and O–H groups in total. The van der Waals surface area contributed by atoms with E-state index in [4.69, 9.17) is 28.9 Å². The smallest absolute Gasteiger partial charge is 0.262 e. The van der Waals surface area contributed by atoms with Crippen molar-refractivity contribution in [3.05, 3.63) is 50.9 Å². The average Bonchev–Trinajstić information content (AvgIpc) is 2.36. The maximum atomic E-state index is 12.2. The van der Waals surface area contributed by atoms with Gasteiger partial charge in [-0.15, -0.1) is 0 Å². The van der Waals surface area contributed by atoms with Crippen LogP contribution in [0, 0.1) is 0 Å². The fourth-order valence-corrected chi connectivity index (χ4v) is 3.47. The summed E-state index contributed by atoms with van der Waals surface area (Å²) in [6.45, 7) is 0. The van der Waals surface area contributed by atoms with E-state index in [1.165, 1.54) is 18.2 Å². The molecule has 0 amide bonds. The molecule has 0 fully saturated rings. The predicted molar refractivity (Wildman–Crippen MR) is 85.8 cm³/mol. The molecule has 8 heteroatoms. The third-order valence-electron chi connectivity index (χ3n) is 2.45. The van der Waals surface area contributed by atoms with E-state index in [-0.39, 0.29) is 21.3 Å². The van der Waals surface area contributed by atoms with Crippen LogP contribution in [0.1, 0.15) is 0 Å². The number of nitrogens with one attached hydrogen (secondary N) is 1. The molecule has 0 saturated heterocycles. The van der Waals surface area contributed by atoms with Gasteiger partial charge in [-0.2, -0.15) is 0 Å². The number of halogens is 3. The van der Waals surface area contributed by atoms with Gasteiger partial charge in [0.1, 0.15) is 0 Å². The number of rotatable bonds is 3. The molecule has 2 rings (SSSR count). The molecule has 0 atom stereocenters. The lowest BCUT2D eigenvalue weighted by atomic mass is 10.3. The Morgan fingerprint density at radius 2 is 1.75 bits per heavy atom. The summed E-state index contributed by atoms with van der Waals surface area (Å²) in [7, 11) is -3.78. The Kier molecular flexibility index (Phi) is 4.49. The molecule has 0 spiro atoms. The Balaban J connectivity index is 2.38. The Morgan fingerprint density at radius 3 is 2.35 bits per heavy atom. The van der Waals surface area contributed by atoms with Crippen molar-refractivity contribution < 1.29 is 8.42 Å². The zero-order valence-electron chi connectivity index (χ0n) is 9.90. The first-order valence-corrected chi connectivity index (χ1v) is 8.36. The van der Waals surface area contributed by atoms with Gasteiger partial charge in [-0.05, 0) is 36.4 Å². The van der Waals surface area contributed by atoms with Crippen LogP contribution < -0.4 is 10.5 Å². The molecule has 2 aromatic rings. The number of anilines is 2. The van der Waals surface area contributed by atoms with Crippen molar-refractivity contribution in [2.24, 2.45) is 0 Å². The van der Waals surface area contributed by atoms with E-state index in [0.717, 1.165) is 4.47 Å². The molecule has 0 aliphatic heterocycles. The molecule has 0 unspecified atom stereocenters. The van der Waals surface area contributed by atoms with E-state index in [2.05, 4.69) is 20.7 Å². The lowest BCUT2D eigenvalue weighted by molar-refractivity contribution is 0.601. The minimum absolute atomic E-state index is 0.0124. The van der Waals surface area contributed by atoms with Gasteiger partial charge in [0.05, 0.1) is 26.3 Å². The highest BCUT2D eigenvalue weighted by molar-refractivity contribution is 9.10. The van der Waals surface area contributed by atoms with Crippen molar-refractivity contribution in [1.82, 2.24) is 0 Å². The zero-order chi connectivity index (χ0) is 14.9. The maximum Gasteiger partial charge on any atom is 0.262 e. The fraction of sp³-hybridized carbons (Fsp3) is 0. The number of hydrogen-bond donors (Lipinski definition) is 2. The van der Waals surface area contributed by atoms with Crippen LogP contribution in [0.5, 0.6) is 0 Å². The van der Waals surface area contributed by atoms with Gasteiger partial charge in [-0.3, -0.25) is 4.72 Å². The Hall–Kier alpha value is -0.950. The van der Waals surface area contributed by atoms with Crippen molar-refractivity contribution in [3.8, 4) is 0 Å². The normalized spacial score (nSPS) is 11.3. The molecule has 0 aromatic heterocycles. The number of benzene rings is 2. The van der Waals surface area contributed by atoms with Crippen molar-refractivity contribution in [2.75, 3.05) is 10.5 Å². The Bertz CT molecular complexity index is 766. The summed E-state index contributed by atoms with van der Waals surface area (Å²) in [5.41, 5.74) is 6.08. The molecule has 0 aliphatic carbocycles. The van der Waals surface area contributed by atoms with Gasteiger partial charge in [-0.25, -0.2) is 8.42 Å². The van der Waals surface area contributed by atoms with E-state index in [1.807, 2.05) is 0 Å². The fourth-order valence-electron chi connectivity index (χ4n) is 1.46. The van der Waals surface area contributed by atoms with Crippen LogP contribution in [0.3, 0.4) is 0 Å². The minimum Gasteiger partial charge on any atom is -0.397 e. The van der Waals surface area contributed by atoms with Crippen LogP contribution >= 0.6 is 39.1 Å². The van der Waals surface area contributed by atoms with Gasteiger partial charge in [0.25, 0.3) is 10.0 Å². The highest BCUT2D eigenvalue weighted by Gasteiger charge is 2.16. The summed E-state index contributed by atoms with van der Waals surface area (Å²) >= 11 is 15.0. The lowest BCUT2D eigenvalue weighted by Gasteiger charge is -2.10. The minimum atomic E-state index is -3.78. The summed E-state index contributed by atoms with van der Waals surface area (Å²) in [4.78, 5) is 0.0124. The first-order valence-electron chi connectivity index (χ1n) is 5.32. The van der Waals surface area contributed by atoms with E-state index < -0.39 is 10.0 Å². The number of nitrogens with two attached hydrogens (primary N) is 1. The second-order valence-corrected chi connectivity index (χ2v) is 7.33. The summed E-state index contributed by atoms with van der Waals surface area (Å²) in [6.07, 6.45) is 0. The first-order chi connectivity index (χ1) is 9.29. The van der Waals surface area contributed by atoms with Crippen molar-refractivity contribution >= 4 is 60.5 Å². The second-order valence-electron chi connectivity index (χ2n) is 3.91. The maximum absolute atomic E-state index is 12.2. The van der Waals surface area contributed by atoms with Gasteiger partial charge in [0, 0.05) is 4.47 Å². The van der Waals surface area contributed by atoms with Gasteiger partial charge in [0.15, 0.2) is 0 Å². The molecule has 20 heavy (non-hydrogen) atoms. The van der Waals surface area contributed by atoms with Gasteiger partial charge < -0.3 is 5.73 Å².